The zero-order valence-electron chi connectivity index (χ0n) is 12.8. The van der Waals surface area contributed by atoms with Crippen LogP contribution in [0.15, 0.2) is 24.4 Å². The van der Waals surface area contributed by atoms with E-state index in [1.807, 2.05) is 27.8 Å². The number of carbonyl (C=O) groups excluding carboxylic acids is 1. The van der Waals surface area contributed by atoms with E-state index in [-0.39, 0.29) is 5.91 Å². The Hall–Kier alpha value is -1.59. The van der Waals surface area contributed by atoms with Crippen LogP contribution in [0.1, 0.15) is 13.3 Å². The number of hydrogen-bond donors (Lipinski definition) is 0. The lowest BCUT2D eigenvalue weighted by molar-refractivity contribution is -0.133. The molecule has 1 aliphatic rings. The maximum absolute atomic E-state index is 12.3. The molecule has 1 saturated heterocycles. The maximum atomic E-state index is 12.3. The lowest BCUT2D eigenvalue weighted by atomic mass is 10.2. The monoisotopic (exact) mass is 320 g/mol. The third kappa shape index (κ3) is 3.10. The third-order valence-corrected chi connectivity index (χ3v) is 4.67. The van der Waals surface area contributed by atoms with E-state index in [4.69, 9.17) is 11.6 Å². The van der Waals surface area contributed by atoms with Crippen molar-refractivity contribution >= 4 is 28.4 Å². The molecular formula is C16H21ClN4O. The molecule has 0 N–H and O–H groups in total. The summed E-state index contributed by atoms with van der Waals surface area (Å²) in [6.45, 7) is 7.42. The molecule has 0 unspecified atom stereocenters. The first-order valence-electron chi connectivity index (χ1n) is 7.79. The number of aryl methyl sites for hydroxylation is 1. The smallest absolute Gasteiger partial charge is 0.224 e. The van der Waals surface area contributed by atoms with Crippen LogP contribution in [-0.4, -0.2) is 58.2 Å². The normalized spacial score (nSPS) is 16.4. The van der Waals surface area contributed by atoms with E-state index in [1.165, 1.54) is 0 Å². The number of rotatable bonds is 4. The van der Waals surface area contributed by atoms with Gasteiger partial charge in [-0.3, -0.25) is 9.48 Å². The lowest BCUT2D eigenvalue weighted by Gasteiger charge is -2.34. The van der Waals surface area contributed by atoms with Gasteiger partial charge in [0.05, 0.1) is 23.3 Å². The molecule has 118 valence electrons. The van der Waals surface area contributed by atoms with E-state index < -0.39 is 0 Å². The van der Waals surface area contributed by atoms with Gasteiger partial charge in [0.2, 0.25) is 5.91 Å². The Labute approximate surface area is 135 Å². The Balaban J connectivity index is 1.60. The van der Waals surface area contributed by atoms with E-state index in [0.29, 0.717) is 18.0 Å². The van der Waals surface area contributed by atoms with E-state index in [1.54, 1.807) is 6.20 Å². The van der Waals surface area contributed by atoms with Crippen molar-refractivity contribution in [1.29, 1.82) is 0 Å². The molecule has 2 aromatic rings. The minimum atomic E-state index is 0.210. The number of benzene rings is 1. The largest absolute Gasteiger partial charge is 0.340 e. The quantitative estimate of drug-likeness (QED) is 0.867. The molecule has 0 atom stereocenters. The zero-order valence-corrected chi connectivity index (χ0v) is 13.6. The van der Waals surface area contributed by atoms with E-state index in [0.717, 1.165) is 43.6 Å². The van der Waals surface area contributed by atoms with Gasteiger partial charge in [0.15, 0.2) is 0 Å². The fourth-order valence-electron chi connectivity index (χ4n) is 2.92. The highest BCUT2D eigenvalue weighted by Gasteiger charge is 2.20. The Bertz CT molecular complexity index is 661. The summed E-state index contributed by atoms with van der Waals surface area (Å²) in [7, 11) is 0. The summed E-state index contributed by atoms with van der Waals surface area (Å²) in [6.07, 6.45) is 2.25. The summed E-state index contributed by atoms with van der Waals surface area (Å²) in [5.74, 6) is 0.210. The van der Waals surface area contributed by atoms with Gasteiger partial charge in [0.1, 0.15) is 0 Å². The number of carbonyl (C=O) groups is 1. The van der Waals surface area contributed by atoms with Crippen molar-refractivity contribution in [3.63, 3.8) is 0 Å². The van der Waals surface area contributed by atoms with Gasteiger partial charge in [0, 0.05) is 38.0 Å². The predicted molar refractivity (Wildman–Crippen MR) is 88.1 cm³/mol. The maximum Gasteiger partial charge on any atom is 0.224 e. The summed E-state index contributed by atoms with van der Waals surface area (Å²) in [4.78, 5) is 16.7. The molecule has 6 heteroatoms. The molecule has 2 heterocycles. The lowest BCUT2D eigenvalue weighted by Crippen LogP contribution is -2.48. The first-order chi connectivity index (χ1) is 10.7. The van der Waals surface area contributed by atoms with Crippen LogP contribution < -0.4 is 0 Å². The van der Waals surface area contributed by atoms with Crippen LogP contribution in [-0.2, 0) is 11.3 Å². The van der Waals surface area contributed by atoms with Gasteiger partial charge in [-0.15, -0.1) is 0 Å². The molecule has 1 aromatic carbocycles. The zero-order chi connectivity index (χ0) is 15.5. The average Bonchev–Trinajstić information content (AvgIpc) is 2.97. The molecule has 0 radical (unpaired) electrons. The number of fused-ring (bicyclic) bond motifs is 1. The molecule has 0 spiro atoms. The highest BCUT2D eigenvalue weighted by Crippen LogP contribution is 2.22. The molecule has 5 nitrogen and oxygen atoms in total. The first-order valence-corrected chi connectivity index (χ1v) is 8.17. The Morgan fingerprint density at radius 3 is 2.77 bits per heavy atom. The van der Waals surface area contributed by atoms with Crippen LogP contribution in [0.25, 0.3) is 10.9 Å². The van der Waals surface area contributed by atoms with Crippen LogP contribution >= 0.6 is 11.6 Å². The Morgan fingerprint density at radius 1 is 1.27 bits per heavy atom. The van der Waals surface area contributed by atoms with E-state index in [2.05, 4.69) is 16.9 Å². The van der Waals surface area contributed by atoms with Gasteiger partial charge in [-0.2, -0.15) is 5.10 Å². The summed E-state index contributed by atoms with van der Waals surface area (Å²) in [5.41, 5.74) is 0.983. The number of likely N-dealkylation sites (N-methyl/N-ethyl adjacent to an activating group) is 1. The molecule has 0 saturated carbocycles. The first kappa shape index (κ1) is 15.3. The standard InChI is InChI=1S/C16H21ClN4O/c1-2-19-8-10-20(11-9-19)16(22)6-7-21-15-5-3-4-14(17)13(15)12-18-21/h3-5,12H,2,6-11H2,1H3. The summed E-state index contributed by atoms with van der Waals surface area (Å²) < 4.78 is 1.86. The molecule has 1 aromatic heterocycles. The fraction of sp³-hybridized carbons (Fsp3) is 0.500. The van der Waals surface area contributed by atoms with Crippen molar-refractivity contribution in [3.05, 3.63) is 29.4 Å². The summed E-state index contributed by atoms with van der Waals surface area (Å²) in [5, 5.41) is 5.99. The van der Waals surface area contributed by atoms with Gasteiger partial charge in [-0.25, -0.2) is 0 Å². The molecular weight excluding hydrogens is 300 g/mol. The SMILES string of the molecule is CCN1CCN(C(=O)CCn2ncc3c(Cl)cccc32)CC1. The van der Waals surface area contributed by atoms with Crippen LogP contribution in [0.5, 0.6) is 0 Å². The second-order valence-electron chi connectivity index (χ2n) is 5.61. The predicted octanol–water partition coefficient (Wildman–Crippen LogP) is 2.24. The molecule has 0 aliphatic carbocycles. The minimum Gasteiger partial charge on any atom is -0.340 e. The molecule has 1 fully saturated rings. The van der Waals surface area contributed by atoms with Gasteiger partial charge in [0.25, 0.3) is 0 Å². The molecule has 1 amide bonds. The Morgan fingerprint density at radius 2 is 2.05 bits per heavy atom. The average molecular weight is 321 g/mol. The van der Waals surface area contributed by atoms with Gasteiger partial charge in [-0.1, -0.05) is 24.6 Å². The summed E-state index contributed by atoms with van der Waals surface area (Å²) >= 11 is 6.15. The van der Waals surface area contributed by atoms with E-state index >= 15 is 0 Å². The number of piperazine rings is 1. The van der Waals surface area contributed by atoms with Crippen molar-refractivity contribution in [1.82, 2.24) is 19.6 Å². The van der Waals surface area contributed by atoms with Crippen molar-refractivity contribution in [2.24, 2.45) is 0 Å². The molecule has 22 heavy (non-hydrogen) atoms. The van der Waals surface area contributed by atoms with Crippen molar-refractivity contribution < 1.29 is 4.79 Å². The molecule has 3 rings (SSSR count). The van der Waals surface area contributed by atoms with Gasteiger partial charge in [-0.05, 0) is 18.7 Å². The second-order valence-corrected chi connectivity index (χ2v) is 6.01. The van der Waals surface area contributed by atoms with Crippen LogP contribution in [0.4, 0.5) is 0 Å². The van der Waals surface area contributed by atoms with E-state index in [9.17, 15) is 4.79 Å². The number of nitrogens with zero attached hydrogens (tertiary/aromatic N) is 4. The highest BCUT2D eigenvalue weighted by atomic mass is 35.5. The number of amides is 1. The van der Waals surface area contributed by atoms with Crippen LogP contribution in [0.3, 0.4) is 0 Å². The number of halogens is 1. The molecule has 0 bridgehead atoms. The highest BCUT2D eigenvalue weighted by molar-refractivity contribution is 6.35. The van der Waals surface area contributed by atoms with Crippen molar-refractivity contribution in [3.8, 4) is 0 Å². The van der Waals surface area contributed by atoms with Crippen LogP contribution in [0.2, 0.25) is 5.02 Å². The minimum absolute atomic E-state index is 0.210. The third-order valence-electron chi connectivity index (χ3n) is 4.34. The van der Waals surface area contributed by atoms with Gasteiger partial charge >= 0.3 is 0 Å². The fourth-order valence-corrected chi connectivity index (χ4v) is 3.14. The molecule has 1 aliphatic heterocycles. The van der Waals surface area contributed by atoms with Crippen molar-refractivity contribution in [2.45, 2.75) is 19.9 Å². The number of hydrogen-bond acceptors (Lipinski definition) is 3. The van der Waals surface area contributed by atoms with Crippen molar-refractivity contribution in [2.75, 3.05) is 32.7 Å². The Kier molecular flexibility index (Phi) is 4.64. The van der Waals surface area contributed by atoms with Gasteiger partial charge < -0.3 is 9.80 Å². The number of aromatic nitrogens is 2. The second kappa shape index (κ2) is 6.67. The topological polar surface area (TPSA) is 41.4 Å². The van der Waals surface area contributed by atoms with Crippen LogP contribution in [0, 0.1) is 0 Å². The summed E-state index contributed by atoms with van der Waals surface area (Å²) in [6, 6.07) is 5.75.